The van der Waals surface area contributed by atoms with E-state index in [9.17, 15) is 8.42 Å². The molecule has 0 saturated heterocycles. The summed E-state index contributed by atoms with van der Waals surface area (Å²) in [6, 6.07) is 3.59. The molecule has 0 atom stereocenters. The molecule has 0 aliphatic carbocycles. The molecule has 0 aliphatic rings. The first-order chi connectivity index (χ1) is 10.0. The molecule has 112 valence electrons. The SMILES string of the molecule is CCNc1ncc(S(=O)(=O)N(C)Cc2cccnc2)cn1. The summed E-state index contributed by atoms with van der Waals surface area (Å²) in [6.07, 6.45) is 5.89. The van der Waals surface area contributed by atoms with Crippen molar-refractivity contribution in [3.05, 3.63) is 42.5 Å². The number of rotatable bonds is 6. The standard InChI is InChI=1S/C13H17N5O2S/c1-3-15-13-16-8-12(9-17-13)21(19,20)18(2)10-11-5-4-6-14-7-11/h4-9H,3,10H2,1-2H3,(H,15,16,17). The Kier molecular flexibility index (Phi) is 4.81. The van der Waals surface area contributed by atoms with Crippen molar-refractivity contribution in [3.63, 3.8) is 0 Å². The largest absolute Gasteiger partial charge is 0.355 e. The molecule has 21 heavy (non-hydrogen) atoms. The number of hydrogen-bond acceptors (Lipinski definition) is 6. The van der Waals surface area contributed by atoms with E-state index in [0.29, 0.717) is 12.5 Å². The molecule has 2 heterocycles. The van der Waals surface area contributed by atoms with Gasteiger partial charge in [0.2, 0.25) is 16.0 Å². The number of hydrogen-bond donors (Lipinski definition) is 1. The molecule has 0 spiro atoms. The van der Waals surface area contributed by atoms with Gasteiger partial charge in [-0.15, -0.1) is 0 Å². The van der Waals surface area contributed by atoms with Crippen LogP contribution in [0.15, 0.2) is 41.8 Å². The van der Waals surface area contributed by atoms with Crippen molar-refractivity contribution in [2.75, 3.05) is 18.9 Å². The molecule has 2 rings (SSSR count). The molecule has 2 aromatic rings. The van der Waals surface area contributed by atoms with E-state index in [1.54, 1.807) is 18.5 Å². The highest BCUT2D eigenvalue weighted by molar-refractivity contribution is 7.89. The molecule has 0 aliphatic heterocycles. The van der Waals surface area contributed by atoms with E-state index < -0.39 is 10.0 Å². The Morgan fingerprint density at radius 2 is 1.95 bits per heavy atom. The van der Waals surface area contributed by atoms with E-state index in [4.69, 9.17) is 0 Å². The second-order valence-corrected chi connectivity index (χ2v) is 6.44. The van der Waals surface area contributed by atoms with Gasteiger partial charge in [0, 0.05) is 32.5 Å². The molecule has 1 N–H and O–H groups in total. The van der Waals surface area contributed by atoms with Crippen molar-refractivity contribution in [2.24, 2.45) is 0 Å². The maximum absolute atomic E-state index is 12.4. The minimum Gasteiger partial charge on any atom is -0.355 e. The summed E-state index contributed by atoms with van der Waals surface area (Å²) in [5.41, 5.74) is 0.814. The second kappa shape index (κ2) is 6.59. The number of nitrogens with zero attached hydrogens (tertiary/aromatic N) is 4. The number of pyridine rings is 1. The Hall–Kier alpha value is -2.06. The zero-order chi connectivity index (χ0) is 15.3. The van der Waals surface area contributed by atoms with E-state index in [-0.39, 0.29) is 11.4 Å². The third-order valence-electron chi connectivity index (χ3n) is 2.80. The van der Waals surface area contributed by atoms with Crippen molar-refractivity contribution in [2.45, 2.75) is 18.4 Å². The van der Waals surface area contributed by atoms with Gasteiger partial charge in [0.25, 0.3) is 0 Å². The van der Waals surface area contributed by atoms with E-state index in [1.165, 1.54) is 23.7 Å². The van der Waals surface area contributed by atoms with Crippen molar-refractivity contribution >= 4 is 16.0 Å². The average molecular weight is 307 g/mol. The summed E-state index contributed by atoms with van der Waals surface area (Å²) in [7, 11) is -2.10. The van der Waals surface area contributed by atoms with Gasteiger partial charge in [-0.25, -0.2) is 18.4 Å². The van der Waals surface area contributed by atoms with Gasteiger partial charge in [-0.3, -0.25) is 4.98 Å². The predicted molar refractivity (Wildman–Crippen MR) is 79.1 cm³/mol. The Bertz CT molecular complexity index is 673. The summed E-state index contributed by atoms with van der Waals surface area (Å²) < 4.78 is 26.1. The lowest BCUT2D eigenvalue weighted by atomic mass is 10.3. The van der Waals surface area contributed by atoms with Crippen molar-refractivity contribution < 1.29 is 8.42 Å². The molecule has 0 bridgehead atoms. The van der Waals surface area contributed by atoms with Gasteiger partial charge in [0.05, 0.1) is 12.4 Å². The van der Waals surface area contributed by atoms with Crippen molar-refractivity contribution in [3.8, 4) is 0 Å². The molecule has 7 nitrogen and oxygen atoms in total. The molecule has 0 amide bonds. The van der Waals surface area contributed by atoms with Crippen molar-refractivity contribution in [1.29, 1.82) is 0 Å². The monoisotopic (exact) mass is 307 g/mol. The van der Waals surface area contributed by atoms with Crippen LogP contribution in [0.25, 0.3) is 0 Å². The van der Waals surface area contributed by atoms with Crippen LogP contribution in [-0.2, 0) is 16.6 Å². The molecule has 8 heteroatoms. The first-order valence-corrected chi connectivity index (χ1v) is 7.89. The predicted octanol–water partition coefficient (Wildman–Crippen LogP) is 1.12. The highest BCUT2D eigenvalue weighted by Crippen LogP contribution is 2.15. The minimum absolute atomic E-state index is 0.0653. The fourth-order valence-corrected chi connectivity index (χ4v) is 2.76. The van der Waals surface area contributed by atoms with E-state index >= 15 is 0 Å². The van der Waals surface area contributed by atoms with Crippen LogP contribution in [0.5, 0.6) is 0 Å². The third-order valence-corrected chi connectivity index (χ3v) is 4.56. The Balaban J connectivity index is 2.16. The fourth-order valence-electron chi connectivity index (χ4n) is 1.71. The number of nitrogens with one attached hydrogen (secondary N) is 1. The second-order valence-electron chi connectivity index (χ2n) is 4.40. The molecule has 0 fully saturated rings. The molecule has 0 aromatic carbocycles. The quantitative estimate of drug-likeness (QED) is 0.860. The zero-order valence-electron chi connectivity index (χ0n) is 11.9. The normalized spacial score (nSPS) is 11.6. The molecular weight excluding hydrogens is 290 g/mol. The fraction of sp³-hybridized carbons (Fsp3) is 0.308. The first-order valence-electron chi connectivity index (χ1n) is 6.45. The first kappa shape index (κ1) is 15.3. The topological polar surface area (TPSA) is 88.1 Å². The molecule has 0 saturated carbocycles. The van der Waals surface area contributed by atoms with Crippen LogP contribution in [-0.4, -0.2) is 41.3 Å². The highest BCUT2D eigenvalue weighted by Gasteiger charge is 2.21. The van der Waals surface area contributed by atoms with Gasteiger partial charge in [-0.1, -0.05) is 6.07 Å². The maximum atomic E-state index is 12.4. The molecule has 0 unspecified atom stereocenters. The zero-order valence-corrected chi connectivity index (χ0v) is 12.7. The molecule has 0 radical (unpaired) electrons. The smallest absolute Gasteiger partial charge is 0.246 e. The molecular formula is C13H17N5O2S. The van der Waals surface area contributed by atoms with Crippen LogP contribution < -0.4 is 5.32 Å². The Morgan fingerprint density at radius 3 is 2.52 bits per heavy atom. The van der Waals surface area contributed by atoms with Crippen LogP contribution in [0, 0.1) is 0 Å². The van der Waals surface area contributed by atoms with Crippen LogP contribution in [0.3, 0.4) is 0 Å². The lowest BCUT2D eigenvalue weighted by Crippen LogP contribution is -2.26. The van der Waals surface area contributed by atoms with Gasteiger partial charge in [0.15, 0.2) is 0 Å². The van der Waals surface area contributed by atoms with Crippen LogP contribution in [0.1, 0.15) is 12.5 Å². The van der Waals surface area contributed by atoms with E-state index in [2.05, 4.69) is 20.3 Å². The summed E-state index contributed by atoms with van der Waals surface area (Å²) in [5, 5.41) is 2.92. The van der Waals surface area contributed by atoms with Crippen LogP contribution >= 0.6 is 0 Å². The summed E-state index contributed by atoms with van der Waals surface area (Å²) in [4.78, 5) is 12.0. The lowest BCUT2D eigenvalue weighted by Gasteiger charge is -2.16. The Labute approximate surface area is 124 Å². The Morgan fingerprint density at radius 1 is 1.24 bits per heavy atom. The van der Waals surface area contributed by atoms with Gasteiger partial charge < -0.3 is 5.32 Å². The molecule has 2 aromatic heterocycles. The highest BCUT2D eigenvalue weighted by atomic mass is 32.2. The summed E-state index contributed by atoms with van der Waals surface area (Å²) in [6.45, 7) is 2.83. The van der Waals surface area contributed by atoms with E-state index in [0.717, 1.165) is 5.56 Å². The number of sulfonamides is 1. The maximum Gasteiger partial charge on any atom is 0.246 e. The summed E-state index contributed by atoms with van der Waals surface area (Å²) >= 11 is 0. The van der Waals surface area contributed by atoms with Crippen molar-refractivity contribution in [1.82, 2.24) is 19.3 Å². The van der Waals surface area contributed by atoms with Crippen LogP contribution in [0.4, 0.5) is 5.95 Å². The lowest BCUT2D eigenvalue weighted by molar-refractivity contribution is 0.465. The minimum atomic E-state index is -3.62. The van der Waals surface area contributed by atoms with Gasteiger partial charge >= 0.3 is 0 Å². The van der Waals surface area contributed by atoms with E-state index in [1.807, 2.05) is 13.0 Å². The average Bonchev–Trinajstić information content (AvgIpc) is 2.49. The van der Waals surface area contributed by atoms with Gasteiger partial charge in [-0.2, -0.15) is 4.31 Å². The summed E-state index contributed by atoms with van der Waals surface area (Å²) in [5.74, 6) is 0.409. The number of anilines is 1. The van der Waals surface area contributed by atoms with Crippen LogP contribution in [0.2, 0.25) is 0 Å². The van der Waals surface area contributed by atoms with Gasteiger partial charge in [-0.05, 0) is 18.6 Å². The third kappa shape index (κ3) is 3.73. The van der Waals surface area contributed by atoms with Gasteiger partial charge in [0.1, 0.15) is 4.90 Å². The number of aromatic nitrogens is 3.